The lowest BCUT2D eigenvalue weighted by atomic mass is 9.97. The van der Waals surface area contributed by atoms with Crippen molar-refractivity contribution in [2.45, 2.75) is 24.7 Å². The van der Waals surface area contributed by atoms with E-state index >= 15 is 0 Å². The van der Waals surface area contributed by atoms with Crippen molar-refractivity contribution in [1.82, 2.24) is 9.38 Å². The van der Waals surface area contributed by atoms with Gasteiger partial charge in [-0.25, -0.2) is 9.37 Å². The van der Waals surface area contributed by atoms with Gasteiger partial charge in [-0.2, -0.15) is 8.78 Å². The lowest BCUT2D eigenvalue weighted by Crippen LogP contribution is -2.17. The quantitative estimate of drug-likeness (QED) is 0.620. The molecule has 0 bridgehead atoms. The Balaban J connectivity index is 1.62. The number of aromatic nitrogens is 2. The van der Waals surface area contributed by atoms with Crippen molar-refractivity contribution < 1.29 is 27.4 Å². The van der Waals surface area contributed by atoms with Crippen LogP contribution in [0.4, 0.5) is 18.9 Å². The highest BCUT2D eigenvalue weighted by Crippen LogP contribution is 2.31. The van der Waals surface area contributed by atoms with Crippen LogP contribution in [0.5, 0.6) is 5.75 Å². The number of nitrogens with one attached hydrogen (secondary N) is 1. The first-order valence-electron chi connectivity index (χ1n) is 9.91. The SMILES string of the molecule is COc1cc2nc(C3CCOCC3)cn2cc1C(=O)Nc1cccc(C(F)(F)CF)c1. The van der Waals surface area contributed by atoms with Crippen LogP contribution in [-0.2, 0) is 10.7 Å². The Labute approximate surface area is 177 Å². The molecule has 1 aliphatic rings. The molecule has 31 heavy (non-hydrogen) atoms. The summed E-state index contributed by atoms with van der Waals surface area (Å²) in [5.74, 6) is -3.56. The number of pyridine rings is 1. The first-order chi connectivity index (χ1) is 14.9. The number of methoxy groups -OCH3 is 1. The maximum Gasteiger partial charge on any atom is 0.301 e. The van der Waals surface area contributed by atoms with Crippen molar-refractivity contribution in [3.05, 3.63) is 59.5 Å². The van der Waals surface area contributed by atoms with E-state index in [0.717, 1.165) is 30.7 Å². The smallest absolute Gasteiger partial charge is 0.301 e. The highest BCUT2D eigenvalue weighted by Gasteiger charge is 2.31. The van der Waals surface area contributed by atoms with Crippen LogP contribution in [0.3, 0.4) is 0 Å². The molecule has 1 aliphatic heterocycles. The van der Waals surface area contributed by atoms with Crippen LogP contribution in [0.1, 0.15) is 40.4 Å². The number of alkyl halides is 3. The second-order valence-electron chi connectivity index (χ2n) is 7.45. The topological polar surface area (TPSA) is 64.9 Å². The molecule has 1 aromatic carbocycles. The predicted molar refractivity (Wildman–Crippen MR) is 109 cm³/mol. The molecular weight excluding hydrogens is 411 g/mol. The van der Waals surface area contributed by atoms with Crippen LogP contribution in [0.25, 0.3) is 5.65 Å². The number of anilines is 1. The fourth-order valence-electron chi connectivity index (χ4n) is 3.66. The second-order valence-corrected chi connectivity index (χ2v) is 7.45. The number of benzene rings is 1. The van der Waals surface area contributed by atoms with E-state index in [4.69, 9.17) is 9.47 Å². The second kappa shape index (κ2) is 8.58. The summed E-state index contributed by atoms with van der Waals surface area (Å²) in [5.41, 5.74) is 1.40. The maximum atomic E-state index is 13.6. The highest BCUT2D eigenvalue weighted by atomic mass is 19.3. The minimum absolute atomic E-state index is 0.131. The Morgan fingerprint density at radius 2 is 2.06 bits per heavy atom. The van der Waals surface area contributed by atoms with Crippen molar-refractivity contribution in [3.63, 3.8) is 0 Å². The van der Waals surface area contributed by atoms with E-state index in [2.05, 4.69) is 10.3 Å². The van der Waals surface area contributed by atoms with Crippen LogP contribution in [0.2, 0.25) is 0 Å². The number of halogens is 3. The lowest BCUT2D eigenvalue weighted by Gasteiger charge is -2.19. The largest absolute Gasteiger partial charge is 0.496 e. The molecule has 3 aromatic rings. The molecule has 9 heteroatoms. The lowest BCUT2D eigenvalue weighted by molar-refractivity contribution is -0.0280. The van der Waals surface area contributed by atoms with Gasteiger partial charge in [-0.05, 0) is 25.0 Å². The number of hydrogen-bond acceptors (Lipinski definition) is 4. The molecule has 0 atom stereocenters. The Kier molecular flexibility index (Phi) is 5.86. The van der Waals surface area contributed by atoms with Gasteiger partial charge in [0.2, 0.25) is 0 Å². The average molecular weight is 433 g/mol. The minimum atomic E-state index is -3.62. The van der Waals surface area contributed by atoms with Crippen molar-refractivity contribution in [3.8, 4) is 5.75 Å². The van der Waals surface area contributed by atoms with Gasteiger partial charge >= 0.3 is 5.92 Å². The van der Waals surface area contributed by atoms with Gasteiger partial charge in [0.05, 0.1) is 18.4 Å². The molecule has 1 N–H and O–H groups in total. The summed E-state index contributed by atoms with van der Waals surface area (Å²) in [7, 11) is 1.44. The van der Waals surface area contributed by atoms with E-state index < -0.39 is 24.1 Å². The van der Waals surface area contributed by atoms with Crippen LogP contribution in [0, 0.1) is 0 Å². The number of fused-ring (bicyclic) bond motifs is 1. The van der Waals surface area contributed by atoms with Crippen molar-refractivity contribution in [1.29, 1.82) is 0 Å². The van der Waals surface area contributed by atoms with Crippen LogP contribution >= 0.6 is 0 Å². The molecule has 2 aromatic heterocycles. The number of hydrogen-bond donors (Lipinski definition) is 1. The molecule has 0 unspecified atom stereocenters. The molecule has 0 radical (unpaired) electrons. The molecule has 0 aliphatic carbocycles. The first kappa shape index (κ1) is 21.2. The van der Waals surface area contributed by atoms with E-state index in [1.54, 1.807) is 16.7 Å². The molecule has 1 saturated heterocycles. The number of ether oxygens (including phenoxy) is 2. The summed E-state index contributed by atoms with van der Waals surface area (Å²) in [6.07, 6.45) is 5.24. The third-order valence-electron chi connectivity index (χ3n) is 5.39. The van der Waals surface area contributed by atoms with E-state index in [-0.39, 0.29) is 17.2 Å². The van der Waals surface area contributed by atoms with Gasteiger partial charge in [0.1, 0.15) is 11.4 Å². The average Bonchev–Trinajstić information content (AvgIpc) is 3.22. The number of imidazole rings is 1. The normalized spacial score (nSPS) is 15.2. The van der Waals surface area contributed by atoms with Gasteiger partial charge in [0, 0.05) is 48.8 Å². The van der Waals surface area contributed by atoms with Crippen LogP contribution in [-0.4, -0.2) is 42.3 Å². The number of amides is 1. The van der Waals surface area contributed by atoms with Gasteiger partial charge in [-0.15, -0.1) is 0 Å². The van der Waals surface area contributed by atoms with Gasteiger partial charge in [-0.3, -0.25) is 4.79 Å². The van der Waals surface area contributed by atoms with Crippen molar-refractivity contribution in [2.75, 3.05) is 32.3 Å². The van der Waals surface area contributed by atoms with Crippen LogP contribution in [0.15, 0.2) is 42.7 Å². The monoisotopic (exact) mass is 433 g/mol. The molecule has 1 fully saturated rings. The summed E-state index contributed by atoms with van der Waals surface area (Å²) in [4.78, 5) is 17.5. The molecule has 1 amide bonds. The summed E-state index contributed by atoms with van der Waals surface area (Å²) >= 11 is 0. The van der Waals surface area contributed by atoms with Gasteiger partial charge < -0.3 is 19.2 Å². The van der Waals surface area contributed by atoms with Gasteiger partial charge in [0.25, 0.3) is 5.91 Å². The fraction of sp³-hybridized carbons (Fsp3) is 0.364. The molecule has 0 spiro atoms. The zero-order chi connectivity index (χ0) is 22.0. The predicted octanol–water partition coefficient (Wildman–Crippen LogP) is 4.55. The maximum absolute atomic E-state index is 13.6. The van der Waals surface area contributed by atoms with Crippen LogP contribution < -0.4 is 10.1 Å². The summed E-state index contributed by atoms with van der Waals surface area (Å²) in [6, 6.07) is 6.63. The number of carbonyl (C=O) groups is 1. The summed E-state index contributed by atoms with van der Waals surface area (Å²) in [6.45, 7) is -0.433. The molecule has 6 nitrogen and oxygen atoms in total. The number of nitrogens with zero attached hydrogens (tertiary/aromatic N) is 2. The molecule has 0 saturated carbocycles. The molecule has 164 valence electrons. The Morgan fingerprint density at radius 1 is 1.29 bits per heavy atom. The highest BCUT2D eigenvalue weighted by molar-refractivity contribution is 6.06. The molecule has 4 rings (SSSR count). The minimum Gasteiger partial charge on any atom is -0.496 e. The van der Waals surface area contributed by atoms with Gasteiger partial charge in [-0.1, -0.05) is 12.1 Å². The standard InChI is InChI=1S/C22H22F3N3O3/c1-30-19-10-20-27-18(14-5-7-31-8-6-14)12-28(20)11-17(19)21(29)26-16-4-2-3-15(9-16)22(24,25)13-23/h2-4,9-12,14H,5-8,13H2,1H3,(H,26,29). The van der Waals surface area contributed by atoms with E-state index in [0.29, 0.717) is 24.6 Å². The van der Waals surface area contributed by atoms with Crippen molar-refractivity contribution in [2.24, 2.45) is 0 Å². The van der Waals surface area contributed by atoms with E-state index in [9.17, 15) is 18.0 Å². The van der Waals surface area contributed by atoms with E-state index in [1.165, 1.54) is 19.2 Å². The molecular formula is C22H22F3N3O3. The zero-order valence-corrected chi connectivity index (χ0v) is 16.9. The Hall–Kier alpha value is -3.07. The third-order valence-corrected chi connectivity index (χ3v) is 5.39. The van der Waals surface area contributed by atoms with Gasteiger partial charge in [0.15, 0.2) is 6.67 Å². The van der Waals surface area contributed by atoms with Crippen molar-refractivity contribution >= 4 is 17.2 Å². The first-order valence-corrected chi connectivity index (χ1v) is 9.91. The Bertz CT molecular complexity index is 1090. The zero-order valence-electron chi connectivity index (χ0n) is 16.9. The molecule has 3 heterocycles. The number of carbonyl (C=O) groups excluding carboxylic acids is 1. The summed E-state index contributed by atoms with van der Waals surface area (Å²) in [5, 5.41) is 2.58. The third kappa shape index (κ3) is 4.36. The Morgan fingerprint density at radius 3 is 2.77 bits per heavy atom. The fourth-order valence-corrected chi connectivity index (χ4v) is 3.66. The van der Waals surface area contributed by atoms with E-state index in [1.807, 2.05) is 6.20 Å². The summed E-state index contributed by atoms with van der Waals surface area (Å²) < 4.78 is 52.4. The number of rotatable bonds is 6.